The maximum atomic E-state index is 13.5. The minimum Gasteiger partial charge on any atom is -0.388 e. The number of hydrogen-bond acceptors (Lipinski definition) is 9. The molecular formula is C25H43N3O6S. The van der Waals surface area contributed by atoms with E-state index < -0.39 is 41.9 Å². The lowest BCUT2D eigenvalue weighted by molar-refractivity contribution is -0.205. The predicted molar refractivity (Wildman–Crippen MR) is 135 cm³/mol. The van der Waals surface area contributed by atoms with Crippen LogP contribution in [0, 0.1) is 17.8 Å². The van der Waals surface area contributed by atoms with Crippen molar-refractivity contribution in [2.75, 3.05) is 19.7 Å². The van der Waals surface area contributed by atoms with Crippen LogP contribution in [0.15, 0.2) is 12.2 Å². The van der Waals surface area contributed by atoms with E-state index in [9.17, 15) is 20.1 Å². The molecule has 10 heteroatoms. The first-order valence-corrected chi connectivity index (χ1v) is 14.1. The van der Waals surface area contributed by atoms with Crippen molar-refractivity contribution in [2.24, 2.45) is 23.5 Å². The van der Waals surface area contributed by atoms with Gasteiger partial charge in [0.25, 0.3) is 0 Å². The first-order chi connectivity index (χ1) is 16.8. The molecule has 11 atom stereocenters. The van der Waals surface area contributed by atoms with Gasteiger partial charge in [-0.3, -0.25) is 4.79 Å². The molecule has 0 aromatic carbocycles. The number of nitrogens with one attached hydrogen (secondary N) is 2. The summed E-state index contributed by atoms with van der Waals surface area (Å²) in [7, 11) is 0. The van der Waals surface area contributed by atoms with E-state index in [1.54, 1.807) is 0 Å². The van der Waals surface area contributed by atoms with Gasteiger partial charge < -0.3 is 41.2 Å². The van der Waals surface area contributed by atoms with Crippen molar-refractivity contribution in [1.82, 2.24) is 10.6 Å². The standard InChI is InChI=1S/C25H43N3O6S/c1-13(2)9-14-7-8-33-22-15(10-14)12-27-18(22)24(32)28-17-6-4-3-5-16(11-26)35-25-21(31)19(29)20(30)23(17)34-25/h3-4,13-23,25,27,29-31H,5-12,26H2,1-2H3,(H,28,32)/t14-,15-,16-,17+,18-,19-,20+,21+,22+,23+,25+/m0/s1. The second kappa shape index (κ2) is 12.2. The fourth-order valence-electron chi connectivity index (χ4n) is 6.03. The average Bonchev–Trinajstić information content (AvgIpc) is 3.11. The van der Waals surface area contributed by atoms with Crippen molar-refractivity contribution in [3.63, 3.8) is 0 Å². The predicted octanol–water partition coefficient (Wildman–Crippen LogP) is 0.119. The molecule has 4 rings (SSSR count). The van der Waals surface area contributed by atoms with Crippen LogP contribution in [-0.4, -0.2) is 94.2 Å². The molecule has 0 aromatic heterocycles. The molecule has 0 saturated carbocycles. The molecule has 0 aliphatic carbocycles. The molecule has 9 nitrogen and oxygen atoms in total. The fourth-order valence-corrected chi connectivity index (χ4v) is 7.25. The molecule has 4 heterocycles. The first kappa shape index (κ1) is 27.3. The number of hydrogen-bond donors (Lipinski definition) is 6. The van der Waals surface area contributed by atoms with Gasteiger partial charge in [0.1, 0.15) is 35.9 Å². The SMILES string of the molecule is CC(C)C[C@@H]1CCO[C@@H]2[C@H](CN[C@@H]2C(=O)N[C@@H]2CC=CC[C@@H](CN)S[C@H]3O[C@H]2[C@H](O)[C@H](O)[C@H]3O)C1. The van der Waals surface area contributed by atoms with E-state index in [2.05, 4.69) is 24.5 Å². The zero-order valence-corrected chi connectivity index (χ0v) is 21.6. The van der Waals surface area contributed by atoms with Crippen LogP contribution in [0.4, 0.5) is 0 Å². The van der Waals surface area contributed by atoms with E-state index in [-0.39, 0.29) is 17.3 Å². The molecule has 1 amide bonds. The number of rotatable bonds is 5. The van der Waals surface area contributed by atoms with Gasteiger partial charge in [-0.2, -0.15) is 0 Å². The Morgan fingerprint density at radius 1 is 1.17 bits per heavy atom. The fraction of sp³-hybridized carbons (Fsp3) is 0.880. The summed E-state index contributed by atoms with van der Waals surface area (Å²) in [5.41, 5.74) is 5.13. The lowest BCUT2D eigenvalue weighted by Gasteiger charge is -2.44. The second-order valence-corrected chi connectivity index (χ2v) is 12.4. The molecule has 200 valence electrons. The summed E-state index contributed by atoms with van der Waals surface area (Å²) in [4.78, 5) is 13.5. The summed E-state index contributed by atoms with van der Waals surface area (Å²) < 4.78 is 12.3. The van der Waals surface area contributed by atoms with Crippen LogP contribution in [0.3, 0.4) is 0 Å². The summed E-state index contributed by atoms with van der Waals surface area (Å²) in [6.07, 6.45) is 3.39. The number of aliphatic hydroxyl groups excluding tert-OH is 3. The van der Waals surface area contributed by atoms with Gasteiger partial charge in [-0.25, -0.2) is 0 Å². The molecule has 0 unspecified atom stereocenters. The first-order valence-electron chi connectivity index (χ1n) is 13.1. The van der Waals surface area contributed by atoms with E-state index in [0.29, 0.717) is 43.7 Å². The van der Waals surface area contributed by atoms with Crippen molar-refractivity contribution >= 4 is 17.7 Å². The number of amides is 1. The molecule has 4 aliphatic rings. The number of thioether (sulfide) groups is 1. The minimum atomic E-state index is -1.37. The van der Waals surface area contributed by atoms with Crippen LogP contribution in [0.2, 0.25) is 0 Å². The monoisotopic (exact) mass is 513 g/mol. The highest BCUT2D eigenvalue weighted by Crippen LogP contribution is 2.36. The highest BCUT2D eigenvalue weighted by molar-refractivity contribution is 8.00. The third-order valence-corrected chi connectivity index (χ3v) is 9.26. The van der Waals surface area contributed by atoms with Crippen LogP contribution in [0.5, 0.6) is 0 Å². The van der Waals surface area contributed by atoms with Gasteiger partial charge in [0.05, 0.1) is 12.1 Å². The lowest BCUT2D eigenvalue weighted by atomic mass is 9.85. The van der Waals surface area contributed by atoms with Gasteiger partial charge in [0.2, 0.25) is 5.91 Å². The molecule has 2 bridgehead atoms. The van der Waals surface area contributed by atoms with E-state index in [1.807, 2.05) is 12.2 Å². The number of ether oxygens (including phenoxy) is 2. The number of aliphatic hydroxyl groups is 3. The van der Waals surface area contributed by atoms with Crippen molar-refractivity contribution in [1.29, 1.82) is 0 Å². The Bertz CT molecular complexity index is 742. The van der Waals surface area contributed by atoms with Crippen LogP contribution >= 0.6 is 11.8 Å². The summed E-state index contributed by atoms with van der Waals surface area (Å²) in [5.74, 6) is 1.37. The van der Waals surface area contributed by atoms with Gasteiger partial charge in [-0.1, -0.05) is 26.0 Å². The van der Waals surface area contributed by atoms with E-state index in [1.165, 1.54) is 18.2 Å². The molecule has 0 radical (unpaired) electrons. The Balaban J connectivity index is 1.46. The smallest absolute Gasteiger partial charge is 0.240 e. The largest absolute Gasteiger partial charge is 0.388 e. The van der Waals surface area contributed by atoms with Crippen molar-refractivity contribution < 1.29 is 29.6 Å². The zero-order valence-electron chi connectivity index (χ0n) is 20.8. The molecule has 7 N–H and O–H groups in total. The maximum Gasteiger partial charge on any atom is 0.240 e. The normalized spacial score (nSPS) is 44.5. The second-order valence-electron chi connectivity index (χ2n) is 11.0. The molecule has 0 aromatic rings. The van der Waals surface area contributed by atoms with Crippen LogP contribution in [-0.2, 0) is 14.3 Å². The lowest BCUT2D eigenvalue weighted by Crippen LogP contribution is -2.64. The Morgan fingerprint density at radius 3 is 2.69 bits per heavy atom. The summed E-state index contributed by atoms with van der Waals surface area (Å²) >= 11 is 1.36. The Kier molecular flexibility index (Phi) is 9.53. The molecule has 0 spiro atoms. The highest BCUT2D eigenvalue weighted by Gasteiger charge is 2.49. The van der Waals surface area contributed by atoms with Crippen LogP contribution in [0.1, 0.15) is 46.0 Å². The molecule has 35 heavy (non-hydrogen) atoms. The Morgan fingerprint density at radius 2 is 1.94 bits per heavy atom. The van der Waals surface area contributed by atoms with E-state index in [0.717, 1.165) is 19.4 Å². The van der Waals surface area contributed by atoms with E-state index in [4.69, 9.17) is 15.2 Å². The topological polar surface area (TPSA) is 146 Å². The quantitative estimate of drug-likeness (QED) is 0.282. The number of carbonyl (C=O) groups is 1. The Hall–Kier alpha value is -0.720. The van der Waals surface area contributed by atoms with Gasteiger partial charge in [-0.15, -0.1) is 11.8 Å². The summed E-state index contributed by atoms with van der Waals surface area (Å²) in [6.45, 7) is 6.30. The summed E-state index contributed by atoms with van der Waals surface area (Å²) in [6, 6.07) is -1.03. The number of fused-ring (bicyclic) bond motifs is 3. The molecular weight excluding hydrogens is 470 g/mol. The number of carbonyl (C=O) groups excluding carboxylic acids is 1. The van der Waals surface area contributed by atoms with Crippen molar-refractivity contribution in [3.8, 4) is 0 Å². The summed E-state index contributed by atoms with van der Waals surface area (Å²) in [5, 5.41) is 38.3. The van der Waals surface area contributed by atoms with Crippen molar-refractivity contribution in [2.45, 2.75) is 99.2 Å². The molecule has 3 fully saturated rings. The average molecular weight is 514 g/mol. The maximum absolute atomic E-state index is 13.5. The number of nitrogens with two attached hydrogens (primary N) is 1. The van der Waals surface area contributed by atoms with Gasteiger partial charge in [-0.05, 0) is 49.9 Å². The van der Waals surface area contributed by atoms with Crippen LogP contribution < -0.4 is 16.4 Å². The zero-order chi connectivity index (χ0) is 25.1. The third kappa shape index (κ3) is 6.41. The minimum absolute atomic E-state index is 0.0201. The Labute approximate surface area is 212 Å². The molecule has 4 aliphatic heterocycles. The molecule has 3 saturated heterocycles. The van der Waals surface area contributed by atoms with Crippen molar-refractivity contribution in [3.05, 3.63) is 12.2 Å². The van der Waals surface area contributed by atoms with Gasteiger partial charge >= 0.3 is 0 Å². The van der Waals surface area contributed by atoms with Gasteiger partial charge in [0, 0.05) is 24.9 Å². The van der Waals surface area contributed by atoms with E-state index >= 15 is 0 Å². The highest BCUT2D eigenvalue weighted by atomic mass is 32.2. The van der Waals surface area contributed by atoms with Crippen LogP contribution in [0.25, 0.3) is 0 Å². The number of allylic oxidation sites excluding steroid dienone is 1. The van der Waals surface area contributed by atoms with Gasteiger partial charge in [0.15, 0.2) is 0 Å². The third-order valence-electron chi connectivity index (χ3n) is 7.83.